The second kappa shape index (κ2) is 5.63. The predicted molar refractivity (Wildman–Crippen MR) is 84.4 cm³/mol. The molecular weight excluding hydrogens is 264 g/mol. The van der Waals surface area contributed by atoms with Gasteiger partial charge in [-0.05, 0) is 22.4 Å². The first kappa shape index (κ1) is 13.1. The van der Waals surface area contributed by atoms with Crippen LogP contribution < -0.4 is 5.32 Å². The van der Waals surface area contributed by atoms with E-state index in [0.29, 0.717) is 12.2 Å². The van der Waals surface area contributed by atoms with Crippen LogP contribution in [0.3, 0.4) is 0 Å². The molecule has 21 heavy (non-hydrogen) atoms. The fourth-order valence-electron chi connectivity index (χ4n) is 2.42. The van der Waals surface area contributed by atoms with Crippen LogP contribution in [-0.2, 0) is 6.54 Å². The molecule has 3 aromatic rings. The summed E-state index contributed by atoms with van der Waals surface area (Å²) in [6.07, 6.45) is 0. The molecule has 0 radical (unpaired) electrons. The first-order chi connectivity index (χ1) is 10.3. The van der Waals surface area contributed by atoms with Gasteiger partial charge in [-0.15, -0.1) is 0 Å². The second-order valence-corrected chi connectivity index (χ2v) is 4.77. The molecule has 0 spiro atoms. The van der Waals surface area contributed by atoms with Gasteiger partial charge >= 0.3 is 0 Å². The minimum atomic E-state index is -0.370. The Hall–Kier alpha value is -2.88. The molecule has 1 N–H and O–H groups in total. The van der Waals surface area contributed by atoms with Gasteiger partial charge in [0.05, 0.1) is 4.92 Å². The summed E-state index contributed by atoms with van der Waals surface area (Å²) in [5, 5.41) is 16.5. The SMILES string of the molecule is O=[N+]([O-])c1ccccc1NCc1cccc2ccccc12. The molecule has 4 nitrogen and oxygen atoms in total. The van der Waals surface area contributed by atoms with Crippen molar-refractivity contribution < 1.29 is 4.92 Å². The highest BCUT2D eigenvalue weighted by molar-refractivity contribution is 5.85. The van der Waals surface area contributed by atoms with Crippen LogP contribution in [0.25, 0.3) is 10.8 Å². The number of para-hydroxylation sites is 2. The van der Waals surface area contributed by atoms with Gasteiger partial charge in [-0.2, -0.15) is 0 Å². The minimum Gasteiger partial charge on any atom is -0.375 e. The van der Waals surface area contributed by atoms with Crippen molar-refractivity contribution in [1.29, 1.82) is 0 Å². The van der Waals surface area contributed by atoms with Crippen LogP contribution in [-0.4, -0.2) is 4.92 Å². The van der Waals surface area contributed by atoms with E-state index in [9.17, 15) is 10.1 Å². The Morgan fingerprint density at radius 2 is 1.62 bits per heavy atom. The molecule has 0 saturated carbocycles. The van der Waals surface area contributed by atoms with E-state index >= 15 is 0 Å². The molecular formula is C17H14N2O2. The molecule has 104 valence electrons. The monoisotopic (exact) mass is 278 g/mol. The number of nitrogens with one attached hydrogen (secondary N) is 1. The van der Waals surface area contributed by atoms with Gasteiger partial charge in [-0.25, -0.2) is 0 Å². The second-order valence-electron chi connectivity index (χ2n) is 4.77. The first-order valence-electron chi connectivity index (χ1n) is 6.69. The molecule has 0 amide bonds. The lowest BCUT2D eigenvalue weighted by molar-refractivity contribution is -0.384. The van der Waals surface area contributed by atoms with Crippen LogP contribution in [0, 0.1) is 10.1 Å². The molecule has 0 saturated heterocycles. The van der Waals surface area contributed by atoms with E-state index in [1.54, 1.807) is 18.2 Å². The summed E-state index contributed by atoms with van der Waals surface area (Å²) in [4.78, 5) is 10.6. The van der Waals surface area contributed by atoms with E-state index in [2.05, 4.69) is 23.5 Å². The van der Waals surface area contributed by atoms with Gasteiger partial charge in [0, 0.05) is 12.6 Å². The van der Waals surface area contributed by atoms with E-state index < -0.39 is 0 Å². The van der Waals surface area contributed by atoms with E-state index in [1.807, 2.05) is 24.3 Å². The van der Waals surface area contributed by atoms with E-state index in [0.717, 1.165) is 10.9 Å². The van der Waals surface area contributed by atoms with Crippen LogP contribution in [0.2, 0.25) is 0 Å². The van der Waals surface area contributed by atoms with Crippen molar-refractivity contribution in [2.24, 2.45) is 0 Å². The zero-order chi connectivity index (χ0) is 14.7. The highest BCUT2D eigenvalue weighted by Crippen LogP contribution is 2.25. The molecule has 0 unspecified atom stereocenters. The van der Waals surface area contributed by atoms with Crippen LogP contribution >= 0.6 is 0 Å². The molecule has 0 aliphatic carbocycles. The number of nitro groups is 1. The van der Waals surface area contributed by atoms with Gasteiger partial charge < -0.3 is 5.32 Å². The number of nitro benzene ring substituents is 1. The molecule has 0 fully saturated rings. The van der Waals surface area contributed by atoms with Crippen molar-refractivity contribution in [2.45, 2.75) is 6.54 Å². The Balaban J connectivity index is 1.89. The quantitative estimate of drug-likeness (QED) is 0.570. The maximum absolute atomic E-state index is 11.0. The van der Waals surface area contributed by atoms with Crippen molar-refractivity contribution in [3.63, 3.8) is 0 Å². The Morgan fingerprint density at radius 3 is 2.48 bits per heavy atom. The summed E-state index contributed by atoms with van der Waals surface area (Å²) in [6, 6.07) is 20.9. The number of nitrogens with zero attached hydrogens (tertiary/aromatic N) is 1. The van der Waals surface area contributed by atoms with Crippen molar-refractivity contribution in [2.75, 3.05) is 5.32 Å². The molecule has 3 rings (SSSR count). The average Bonchev–Trinajstić information content (AvgIpc) is 2.53. The number of rotatable bonds is 4. The number of fused-ring (bicyclic) bond motifs is 1. The third-order valence-corrected chi connectivity index (χ3v) is 3.45. The predicted octanol–water partition coefficient (Wildman–Crippen LogP) is 4.36. The van der Waals surface area contributed by atoms with E-state index in [-0.39, 0.29) is 10.6 Å². The van der Waals surface area contributed by atoms with E-state index in [4.69, 9.17) is 0 Å². The maximum atomic E-state index is 11.0. The van der Waals surface area contributed by atoms with Crippen molar-refractivity contribution >= 4 is 22.1 Å². The first-order valence-corrected chi connectivity index (χ1v) is 6.69. The lowest BCUT2D eigenvalue weighted by Crippen LogP contribution is -2.02. The van der Waals surface area contributed by atoms with Crippen molar-refractivity contribution in [3.8, 4) is 0 Å². The summed E-state index contributed by atoms with van der Waals surface area (Å²) in [6.45, 7) is 0.548. The average molecular weight is 278 g/mol. The van der Waals surface area contributed by atoms with Crippen molar-refractivity contribution in [3.05, 3.63) is 82.4 Å². The molecule has 0 aliphatic rings. The van der Waals surface area contributed by atoms with Crippen molar-refractivity contribution in [1.82, 2.24) is 0 Å². The summed E-state index contributed by atoms with van der Waals surface area (Å²) in [5.74, 6) is 0. The Labute approximate surface area is 122 Å². The number of benzene rings is 3. The molecule has 3 aromatic carbocycles. The molecule has 0 aliphatic heterocycles. The molecule has 0 atom stereocenters. The van der Waals surface area contributed by atoms with Gasteiger partial charge in [0.1, 0.15) is 5.69 Å². The summed E-state index contributed by atoms with van der Waals surface area (Å²) in [7, 11) is 0. The lowest BCUT2D eigenvalue weighted by Gasteiger charge is -2.09. The fourth-order valence-corrected chi connectivity index (χ4v) is 2.42. The normalized spacial score (nSPS) is 10.5. The molecule has 0 bridgehead atoms. The van der Waals surface area contributed by atoms with Crippen LogP contribution in [0.5, 0.6) is 0 Å². The summed E-state index contributed by atoms with van der Waals surface area (Å²) in [5.41, 5.74) is 1.75. The van der Waals surface area contributed by atoms with Gasteiger partial charge in [-0.3, -0.25) is 10.1 Å². The number of hydrogen-bond donors (Lipinski definition) is 1. The highest BCUT2D eigenvalue weighted by atomic mass is 16.6. The molecule has 0 aromatic heterocycles. The third-order valence-electron chi connectivity index (χ3n) is 3.45. The largest absolute Gasteiger partial charge is 0.375 e. The smallest absolute Gasteiger partial charge is 0.292 e. The fraction of sp³-hybridized carbons (Fsp3) is 0.0588. The topological polar surface area (TPSA) is 55.2 Å². The van der Waals surface area contributed by atoms with Gasteiger partial charge in [0.25, 0.3) is 5.69 Å². The molecule has 4 heteroatoms. The zero-order valence-corrected chi connectivity index (χ0v) is 11.3. The van der Waals surface area contributed by atoms with Gasteiger partial charge in [0.2, 0.25) is 0 Å². The highest BCUT2D eigenvalue weighted by Gasteiger charge is 2.11. The summed E-state index contributed by atoms with van der Waals surface area (Å²) < 4.78 is 0. The van der Waals surface area contributed by atoms with Crippen LogP contribution in [0.15, 0.2) is 66.7 Å². The lowest BCUT2D eigenvalue weighted by atomic mass is 10.0. The maximum Gasteiger partial charge on any atom is 0.292 e. The Bertz CT molecular complexity index is 794. The zero-order valence-electron chi connectivity index (χ0n) is 11.3. The third kappa shape index (κ3) is 2.69. The van der Waals surface area contributed by atoms with Crippen LogP contribution in [0.1, 0.15) is 5.56 Å². The van der Waals surface area contributed by atoms with Gasteiger partial charge in [-0.1, -0.05) is 54.6 Å². The minimum absolute atomic E-state index is 0.0951. The number of hydrogen-bond acceptors (Lipinski definition) is 3. The Kier molecular flexibility index (Phi) is 3.51. The van der Waals surface area contributed by atoms with Crippen LogP contribution in [0.4, 0.5) is 11.4 Å². The standard InChI is InChI=1S/C17H14N2O2/c20-19(21)17-11-4-3-10-16(17)18-12-14-8-5-7-13-6-1-2-9-15(13)14/h1-11,18H,12H2. The summed E-state index contributed by atoms with van der Waals surface area (Å²) >= 11 is 0. The number of anilines is 1. The van der Waals surface area contributed by atoms with Gasteiger partial charge in [0.15, 0.2) is 0 Å². The Morgan fingerprint density at radius 1 is 0.905 bits per heavy atom. The molecule has 0 heterocycles. The van der Waals surface area contributed by atoms with E-state index in [1.165, 1.54) is 11.5 Å².